The Morgan fingerprint density at radius 3 is 2.25 bits per heavy atom. The van der Waals surface area contributed by atoms with Crippen LogP contribution in [0.2, 0.25) is 0 Å². The van der Waals surface area contributed by atoms with Crippen molar-refractivity contribution in [2.45, 2.75) is 27.2 Å². The molecule has 0 aromatic heterocycles. The van der Waals surface area contributed by atoms with Gasteiger partial charge >= 0.3 is 0 Å². The number of nitrogens with one attached hydrogen (secondary N) is 2. The molecule has 0 radical (unpaired) electrons. The minimum absolute atomic E-state index is 0.0362. The highest BCUT2D eigenvalue weighted by Crippen LogP contribution is 2.13. The van der Waals surface area contributed by atoms with Gasteiger partial charge in [-0.2, -0.15) is 0 Å². The average Bonchev–Trinajstić information content (AvgIpc) is 2.23. The minimum atomic E-state index is -0.218. The molecule has 0 aliphatic rings. The van der Waals surface area contributed by atoms with Crippen LogP contribution in [-0.2, 0) is 9.59 Å². The molecule has 4 nitrogen and oxygen atoms in total. The van der Waals surface area contributed by atoms with Gasteiger partial charge in [-0.3, -0.25) is 9.59 Å². The largest absolute Gasteiger partial charge is 0.354 e. The van der Waals surface area contributed by atoms with Crippen molar-refractivity contribution in [3.63, 3.8) is 0 Å². The van der Waals surface area contributed by atoms with Gasteiger partial charge in [0.1, 0.15) is 0 Å². The van der Waals surface area contributed by atoms with Gasteiger partial charge < -0.3 is 10.6 Å². The summed E-state index contributed by atoms with van der Waals surface area (Å²) in [5, 5.41) is 5.35. The summed E-state index contributed by atoms with van der Waals surface area (Å²) in [6, 6.07) is 0. The van der Waals surface area contributed by atoms with Crippen molar-refractivity contribution in [1.82, 2.24) is 10.6 Å². The molecule has 2 N–H and O–H groups in total. The molecule has 0 spiro atoms. The molecule has 0 rings (SSSR count). The Kier molecular flexibility index (Phi) is 7.25. The predicted octanol–water partition coefficient (Wildman–Crippen LogP) is 1.09. The summed E-state index contributed by atoms with van der Waals surface area (Å²) in [5.41, 5.74) is 0. The molecule has 0 fully saturated rings. The van der Waals surface area contributed by atoms with Gasteiger partial charge in [0, 0.05) is 19.5 Å². The molecule has 0 saturated heterocycles. The van der Waals surface area contributed by atoms with E-state index in [1.165, 1.54) is 6.08 Å². The fourth-order valence-corrected chi connectivity index (χ4v) is 1.06. The third-order valence-corrected chi connectivity index (χ3v) is 2.58. The van der Waals surface area contributed by atoms with E-state index in [-0.39, 0.29) is 11.8 Å². The molecule has 0 unspecified atom stereocenters. The van der Waals surface area contributed by atoms with Crippen molar-refractivity contribution in [2.24, 2.45) is 11.8 Å². The van der Waals surface area contributed by atoms with Crippen LogP contribution >= 0.6 is 0 Å². The molecule has 0 saturated carbocycles. The maximum Gasteiger partial charge on any atom is 0.243 e. The van der Waals surface area contributed by atoms with E-state index in [2.05, 4.69) is 38.0 Å². The highest BCUT2D eigenvalue weighted by Gasteiger charge is 2.11. The third kappa shape index (κ3) is 7.04. The van der Waals surface area contributed by atoms with Crippen molar-refractivity contribution in [2.75, 3.05) is 13.1 Å². The zero-order chi connectivity index (χ0) is 12.6. The van der Waals surface area contributed by atoms with Crippen molar-refractivity contribution in [1.29, 1.82) is 0 Å². The molecular formula is C12H22N2O2. The first-order chi connectivity index (χ1) is 7.47. The summed E-state index contributed by atoms with van der Waals surface area (Å²) in [6.45, 7) is 10.5. The number of carbonyl (C=O) groups is 2. The van der Waals surface area contributed by atoms with Gasteiger partial charge in [-0.25, -0.2) is 0 Å². The average molecular weight is 226 g/mol. The van der Waals surface area contributed by atoms with E-state index >= 15 is 0 Å². The van der Waals surface area contributed by atoms with Crippen molar-refractivity contribution < 1.29 is 9.59 Å². The molecule has 4 heteroatoms. The first kappa shape index (κ1) is 14.7. The van der Waals surface area contributed by atoms with Crippen molar-refractivity contribution in [3.05, 3.63) is 12.7 Å². The van der Waals surface area contributed by atoms with Crippen LogP contribution in [0.4, 0.5) is 0 Å². The Labute approximate surface area is 97.5 Å². The van der Waals surface area contributed by atoms with Crippen molar-refractivity contribution >= 4 is 11.8 Å². The smallest absolute Gasteiger partial charge is 0.243 e. The normalized spacial score (nSPS) is 12.0. The lowest BCUT2D eigenvalue weighted by Crippen LogP contribution is -2.34. The summed E-state index contributed by atoms with van der Waals surface area (Å²) < 4.78 is 0. The molecule has 0 aliphatic carbocycles. The Morgan fingerprint density at radius 2 is 1.75 bits per heavy atom. The Hall–Kier alpha value is -1.32. The number of carbonyl (C=O) groups excluding carboxylic acids is 2. The fraction of sp³-hybridized carbons (Fsp3) is 0.667. The SMILES string of the molecule is C=CC(=O)NCCNC(=O)C[C@H](C)C(C)C. The van der Waals surface area contributed by atoms with Gasteiger partial charge in [-0.05, 0) is 17.9 Å². The highest BCUT2D eigenvalue weighted by molar-refractivity contribution is 5.86. The van der Waals surface area contributed by atoms with Gasteiger partial charge in [0.15, 0.2) is 0 Å². The van der Waals surface area contributed by atoms with E-state index in [0.717, 1.165) is 0 Å². The van der Waals surface area contributed by atoms with E-state index in [9.17, 15) is 9.59 Å². The van der Waals surface area contributed by atoms with Gasteiger partial charge in [-0.1, -0.05) is 27.4 Å². The standard InChI is InChI=1S/C12H22N2O2/c1-5-11(15)13-6-7-14-12(16)8-10(4)9(2)3/h5,9-10H,1,6-8H2,2-4H3,(H,13,15)(H,14,16)/t10-/m0/s1. The quantitative estimate of drug-likeness (QED) is 0.504. The minimum Gasteiger partial charge on any atom is -0.354 e. The zero-order valence-corrected chi connectivity index (χ0v) is 10.4. The first-order valence-corrected chi connectivity index (χ1v) is 5.64. The van der Waals surface area contributed by atoms with Crippen LogP contribution in [0.25, 0.3) is 0 Å². The Balaban J connectivity index is 3.58. The van der Waals surface area contributed by atoms with Crippen LogP contribution in [0.5, 0.6) is 0 Å². The summed E-state index contributed by atoms with van der Waals surface area (Å²) in [7, 11) is 0. The summed E-state index contributed by atoms with van der Waals surface area (Å²) in [6.07, 6.45) is 1.75. The fourth-order valence-electron chi connectivity index (χ4n) is 1.06. The van der Waals surface area contributed by atoms with E-state index in [4.69, 9.17) is 0 Å². The number of hydrogen-bond donors (Lipinski definition) is 2. The molecule has 2 amide bonds. The van der Waals surface area contributed by atoms with Crippen LogP contribution in [0.3, 0.4) is 0 Å². The Morgan fingerprint density at radius 1 is 1.19 bits per heavy atom. The molecule has 0 aliphatic heterocycles. The number of amides is 2. The second-order valence-electron chi connectivity index (χ2n) is 4.27. The lowest BCUT2D eigenvalue weighted by Gasteiger charge is -2.14. The maximum atomic E-state index is 11.4. The highest BCUT2D eigenvalue weighted by atomic mass is 16.2. The lowest BCUT2D eigenvalue weighted by atomic mass is 9.94. The van der Waals surface area contributed by atoms with E-state index in [1.807, 2.05) is 0 Å². The predicted molar refractivity (Wildman–Crippen MR) is 64.8 cm³/mol. The lowest BCUT2D eigenvalue weighted by molar-refractivity contribution is -0.122. The zero-order valence-electron chi connectivity index (χ0n) is 10.4. The van der Waals surface area contributed by atoms with E-state index in [1.54, 1.807) is 0 Å². The van der Waals surface area contributed by atoms with Crippen LogP contribution in [0, 0.1) is 11.8 Å². The molecule has 92 valence electrons. The van der Waals surface area contributed by atoms with E-state index in [0.29, 0.717) is 31.3 Å². The summed E-state index contributed by atoms with van der Waals surface area (Å²) in [4.78, 5) is 22.2. The number of hydrogen-bond acceptors (Lipinski definition) is 2. The summed E-state index contributed by atoms with van der Waals surface area (Å²) in [5.74, 6) is 0.702. The van der Waals surface area contributed by atoms with Crippen molar-refractivity contribution in [3.8, 4) is 0 Å². The summed E-state index contributed by atoms with van der Waals surface area (Å²) >= 11 is 0. The molecule has 1 atom stereocenters. The van der Waals surface area contributed by atoms with Crippen LogP contribution in [0.1, 0.15) is 27.2 Å². The van der Waals surface area contributed by atoms with Gasteiger partial charge in [0.05, 0.1) is 0 Å². The molecule has 0 aromatic carbocycles. The molecule has 0 aromatic rings. The second-order valence-corrected chi connectivity index (χ2v) is 4.27. The maximum absolute atomic E-state index is 11.4. The topological polar surface area (TPSA) is 58.2 Å². The van der Waals surface area contributed by atoms with Crippen LogP contribution in [-0.4, -0.2) is 24.9 Å². The molecule has 16 heavy (non-hydrogen) atoms. The monoisotopic (exact) mass is 226 g/mol. The Bertz CT molecular complexity index is 249. The van der Waals surface area contributed by atoms with Crippen LogP contribution in [0.15, 0.2) is 12.7 Å². The molecule has 0 bridgehead atoms. The first-order valence-electron chi connectivity index (χ1n) is 5.64. The van der Waals surface area contributed by atoms with E-state index < -0.39 is 0 Å². The molecular weight excluding hydrogens is 204 g/mol. The second kappa shape index (κ2) is 7.91. The third-order valence-electron chi connectivity index (χ3n) is 2.58. The number of rotatable bonds is 7. The van der Waals surface area contributed by atoms with Crippen LogP contribution < -0.4 is 10.6 Å². The van der Waals surface area contributed by atoms with Gasteiger partial charge in [0.25, 0.3) is 0 Å². The molecule has 0 heterocycles. The van der Waals surface area contributed by atoms with Gasteiger partial charge in [-0.15, -0.1) is 0 Å². The van der Waals surface area contributed by atoms with Gasteiger partial charge in [0.2, 0.25) is 11.8 Å².